The van der Waals surface area contributed by atoms with Gasteiger partial charge in [0, 0.05) is 26.1 Å². The van der Waals surface area contributed by atoms with Gasteiger partial charge in [-0.3, -0.25) is 4.99 Å². The molecule has 116 valence electrons. The first kappa shape index (κ1) is 17.2. The zero-order valence-electron chi connectivity index (χ0n) is 13.3. The van der Waals surface area contributed by atoms with Crippen LogP contribution in [-0.2, 0) is 0 Å². The van der Waals surface area contributed by atoms with E-state index < -0.39 is 0 Å². The van der Waals surface area contributed by atoms with E-state index in [1.54, 1.807) is 0 Å². The van der Waals surface area contributed by atoms with Crippen molar-refractivity contribution < 1.29 is 0 Å². The predicted octanol–water partition coefficient (Wildman–Crippen LogP) is 3.75. The van der Waals surface area contributed by atoms with Crippen molar-refractivity contribution in [1.82, 2.24) is 4.90 Å². The highest BCUT2D eigenvalue weighted by atomic mass is 15.2. The van der Waals surface area contributed by atoms with Crippen LogP contribution < -0.4 is 5.73 Å². The topological polar surface area (TPSA) is 41.6 Å². The number of nitrogens with two attached hydrogens (primary N) is 1. The molecular weight excluding hydrogens is 246 g/mol. The SMILES string of the molecule is CCCCCCCC/C=C/CCC1=NCCN1CCN. The Bertz CT molecular complexity index is 284. The first-order valence-electron chi connectivity index (χ1n) is 8.51. The Hall–Kier alpha value is -0.830. The summed E-state index contributed by atoms with van der Waals surface area (Å²) in [6.07, 6.45) is 16.4. The molecule has 0 aliphatic carbocycles. The van der Waals surface area contributed by atoms with Crippen molar-refractivity contribution in [2.24, 2.45) is 10.7 Å². The maximum Gasteiger partial charge on any atom is 0.0993 e. The number of allylic oxidation sites excluding steroid dienone is 2. The standard InChI is InChI=1S/C17H33N3/c1-2-3-4-5-6-7-8-9-10-11-12-17-19-14-16-20(17)15-13-18/h9-10H,2-8,11-16,18H2,1H3/b10-9+. The average Bonchev–Trinajstić information content (AvgIpc) is 2.89. The minimum Gasteiger partial charge on any atom is -0.357 e. The summed E-state index contributed by atoms with van der Waals surface area (Å²) in [4.78, 5) is 6.90. The molecule has 3 nitrogen and oxygen atoms in total. The molecule has 0 unspecified atom stereocenters. The molecule has 0 amide bonds. The fourth-order valence-electron chi connectivity index (χ4n) is 2.65. The summed E-state index contributed by atoms with van der Waals surface area (Å²) in [6.45, 7) is 5.98. The molecule has 20 heavy (non-hydrogen) atoms. The minimum absolute atomic E-state index is 0.729. The minimum atomic E-state index is 0.729. The second kappa shape index (κ2) is 12.0. The lowest BCUT2D eigenvalue weighted by Crippen LogP contribution is -2.32. The smallest absolute Gasteiger partial charge is 0.0993 e. The number of amidine groups is 1. The highest BCUT2D eigenvalue weighted by molar-refractivity contribution is 5.83. The van der Waals surface area contributed by atoms with Gasteiger partial charge in [0.2, 0.25) is 0 Å². The molecule has 3 heteroatoms. The van der Waals surface area contributed by atoms with Crippen LogP contribution >= 0.6 is 0 Å². The summed E-state index contributed by atoms with van der Waals surface area (Å²) >= 11 is 0. The number of aliphatic imine (C=N–C) groups is 1. The van der Waals surface area contributed by atoms with Crippen molar-refractivity contribution in [2.45, 2.75) is 64.7 Å². The maximum atomic E-state index is 5.61. The monoisotopic (exact) mass is 279 g/mol. The third-order valence-corrected chi connectivity index (χ3v) is 3.85. The molecule has 1 aliphatic heterocycles. The van der Waals surface area contributed by atoms with Gasteiger partial charge in [-0.15, -0.1) is 0 Å². The van der Waals surface area contributed by atoms with Crippen molar-refractivity contribution in [2.75, 3.05) is 26.2 Å². The maximum absolute atomic E-state index is 5.61. The summed E-state index contributed by atoms with van der Waals surface area (Å²) in [7, 11) is 0. The highest BCUT2D eigenvalue weighted by Gasteiger charge is 2.14. The van der Waals surface area contributed by atoms with Crippen molar-refractivity contribution in [1.29, 1.82) is 0 Å². The van der Waals surface area contributed by atoms with E-state index >= 15 is 0 Å². The van der Waals surface area contributed by atoms with Crippen LogP contribution in [0.15, 0.2) is 17.1 Å². The van der Waals surface area contributed by atoms with Gasteiger partial charge in [-0.2, -0.15) is 0 Å². The van der Waals surface area contributed by atoms with E-state index in [-0.39, 0.29) is 0 Å². The van der Waals surface area contributed by atoms with Gasteiger partial charge in [0.25, 0.3) is 0 Å². The summed E-state index contributed by atoms with van der Waals surface area (Å²) in [5.74, 6) is 1.26. The quantitative estimate of drug-likeness (QED) is 0.437. The molecule has 0 fully saturated rings. The molecular formula is C17H33N3. The summed E-state index contributed by atoms with van der Waals surface area (Å²) < 4.78 is 0. The number of rotatable bonds is 12. The molecule has 0 bridgehead atoms. The molecule has 0 saturated carbocycles. The van der Waals surface area contributed by atoms with Crippen molar-refractivity contribution in [3.63, 3.8) is 0 Å². The van der Waals surface area contributed by atoms with Gasteiger partial charge < -0.3 is 10.6 Å². The van der Waals surface area contributed by atoms with Gasteiger partial charge in [-0.25, -0.2) is 0 Å². The molecule has 0 radical (unpaired) electrons. The van der Waals surface area contributed by atoms with Gasteiger partial charge in [0.05, 0.1) is 12.4 Å². The van der Waals surface area contributed by atoms with Crippen molar-refractivity contribution in [3.05, 3.63) is 12.2 Å². The Morgan fingerprint density at radius 1 is 1.10 bits per heavy atom. The summed E-state index contributed by atoms with van der Waals surface area (Å²) in [5.41, 5.74) is 5.61. The second-order valence-electron chi connectivity index (χ2n) is 5.64. The molecule has 1 heterocycles. The number of hydrogen-bond acceptors (Lipinski definition) is 3. The number of nitrogens with zero attached hydrogens (tertiary/aromatic N) is 2. The van der Waals surface area contributed by atoms with E-state index in [9.17, 15) is 0 Å². The Morgan fingerprint density at radius 3 is 2.65 bits per heavy atom. The molecule has 0 aromatic carbocycles. The molecule has 1 rings (SSSR count). The van der Waals surface area contributed by atoms with Crippen LogP contribution in [0, 0.1) is 0 Å². The highest BCUT2D eigenvalue weighted by Crippen LogP contribution is 2.09. The van der Waals surface area contributed by atoms with Gasteiger partial charge in [0.15, 0.2) is 0 Å². The van der Waals surface area contributed by atoms with Gasteiger partial charge >= 0.3 is 0 Å². The molecule has 0 saturated heterocycles. The molecule has 0 spiro atoms. The molecule has 0 atom stereocenters. The summed E-state index contributed by atoms with van der Waals surface area (Å²) in [5, 5.41) is 0. The first-order chi connectivity index (χ1) is 9.88. The third-order valence-electron chi connectivity index (χ3n) is 3.85. The van der Waals surface area contributed by atoms with E-state index in [4.69, 9.17) is 5.73 Å². The van der Waals surface area contributed by atoms with Gasteiger partial charge in [-0.1, -0.05) is 51.2 Å². The van der Waals surface area contributed by atoms with Crippen LogP contribution in [-0.4, -0.2) is 36.9 Å². The largest absolute Gasteiger partial charge is 0.357 e. The number of unbranched alkanes of at least 4 members (excludes halogenated alkanes) is 6. The van der Waals surface area contributed by atoms with Crippen LogP contribution in [0.4, 0.5) is 0 Å². The molecule has 0 aromatic heterocycles. The van der Waals surface area contributed by atoms with E-state index in [2.05, 4.69) is 29.0 Å². The fraction of sp³-hybridized carbons (Fsp3) is 0.824. The first-order valence-corrected chi connectivity index (χ1v) is 8.51. The zero-order valence-corrected chi connectivity index (χ0v) is 13.3. The van der Waals surface area contributed by atoms with Crippen molar-refractivity contribution >= 4 is 5.84 Å². The van der Waals surface area contributed by atoms with E-state index in [0.29, 0.717) is 0 Å². The fourth-order valence-corrected chi connectivity index (χ4v) is 2.65. The van der Waals surface area contributed by atoms with Crippen LogP contribution in [0.3, 0.4) is 0 Å². The molecule has 2 N–H and O–H groups in total. The zero-order chi connectivity index (χ0) is 14.5. The van der Waals surface area contributed by atoms with Crippen molar-refractivity contribution in [3.8, 4) is 0 Å². The Kier molecular flexibility index (Phi) is 10.3. The Morgan fingerprint density at radius 2 is 1.85 bits per heavy atom. The number of hydrogen-bond donors (Lipinski definition) is 1. The predicted molar refractivity (Wildman–Crippen MR) is 89.3 cm³/mol. The van der Waals surface area contributed by atoms with Gasteiger partial charge in [-0.05, 0) is 19.3 Å². The third kappa shape index (κ3) is 7.68. The Labute approximate surface area is 125 Å². The normalized spacial score (nSPS) is 15.3. The Balaban J connectivity index is 1.96. The van der Waals surface area contributed by atoms with E-state index in [1.165, 1.54) is 50.8 Å². The van der Waals surface area contributed by atoms with Crippen LogP contribution in [0.1, 0.15) is 64.7 Å². The molecule has 0 aromatic rings. The van der Waals surface area contributed by atoms with Crippen LogP contribution in [0.5, 0.6) is 0 Å². The lowest BCUT2D eigenvalue weighted by Gasteiger charge is -2.18. The summed E-state index contributed by atoms with van der Waals surface area (Å²) in [6, 6.07) is 0. The van der Waals surface area contributed by atoms with Crippen LogP contribution in [0.2, 0.25) is 0 Å². The lowest BCUT2D eigenvalue weighted by molar-refractivity contribution is 0.459. The molecule has 1 aliphatic rings. The second-order valence-corrected chi connectivity index (χ2v) is 5.64. The average molecular weight is 279 g/mol. The van der Waals surface area contributed by atoms with Crippen LogP contribution in [0.25, 0.3) is 0 Å². The van der Waals surface area contributed by atoms with Gasteiger partial charge in [0.1, 0.15) is 0 Å². The lowest BCUT2D eigenvalue weighted by atomic mass is 10.1. The van der Waals surface area contributed by atoms with E-state index in [0.717, 1.165) is 39.0 Å². The van der Waals surface area contributed by atoms with E-state index in [1.807, 2.05) is 0 Å².